The number of rotatable bonds is 9. The molecule has 7 heteroatoms. The molecule has 0 radical (unpaired) electrons. The maximum atomic E-state index is 13.8. The van der Waals surface area contributed by atoms with Crippen LogP contribution < -0.4 is 14.8 Å². The van der Waals surface area contributed by atoms with Crippen molar-refractivity contribution in [3.05, 3.63) is 78.5 Å². The fourth-order valence-corrected chi connectivity index (χ4v) is 4.13. The smallest absolute Gasteiger partial charge is 0.226 e. The molecule has 0 saturated carbocycles. The Balaban J connectivity index is 1.64. The standard InChI is InChI=1S/C25H29N3O4/c1-30-22-9-5-6-20(16-22)24(23-17-31-18-27-23)28(25(29)19-10-12-26-13-11-19)14-15-32-21-7-3-2-4-8-21/h2-9,16-19,24,26H,10-15H2,1H3. The second kappa shape index (κ2) is 10.8. The first-order valence-electron chi connectivity index (χ1n) is 11.0. The second-order valence-electron chi connectivity index (χ2n) is 7.81. The number of para-hydroxylation sites is 1. The summed E-state index contributed by atoms with van der Waals surface area (Å²) >= 11 is 0. The van der Waals surface area contributed by atoms with Gasteiger partial charge in [-0.05, 0) is 55.8 Å². The Morgan fingerprint density at radius 1 is 1.16 bits per heavy atom. The van der Waals surface area contributed by atoms with Crippen LogP contribution in [0.3, 0.4) is 0 Å². The lowest BCUT2D eigenvalue weighted by atomic mass is 9.94. The van der Waals surface area contributed by atoms with Crippen molar-refractivity contribution in [3.63, 3.8) is 0 Å². The van der Waals surface area contributed by atoms with Crippen molar-refractivity contribution in [1.29, 1.82) is 0 Å². The van der Waals surface area contributed by atoms with Gasteiger partial charge in [0.1, 0.15) is 36.1 Å². The minimum Gasteiger partial charge on any atom is -0.497 e. The first-order valence-corrected chi connectivity index (χ1v) is 11.0. The van der Waals surface area contributed by atoms with Gasteiger partial charge >= 0.3 is 0 Å². The minimum atomic E-state index is -0.398. The number of hydrogen-bond acceptors (Lipinski definition) is 6. The maximum absolute atomic E-state index is 13.8. The number of hydrogen-bond donors (Lipinski definition) is 1. The number of benzene rings is 2. The molecule has 0 aliphatic carbocycles. The van der Waals surface area contributed by atoms with Gasteiger partial charge in [-0.15, -0.1) is 0 Å². The Labute approximate surface area is 188 Å². The Kier molecular flexibility index (Phi) is 7.40. The van der Waals surface area contributed by atoms with Crippen LogP contribution in [0.1, 0.15) is 30.1 Å². The van der Waals surface area contributed by atoms with Crippen molar-refractivity contribution in [2.24, 2.45) is 5.92 Å². The van der Waals surface area contributed by atoms with Crippen LogP contribution in [0.5, 0.6) is 11.5 Å². The van der Waals surface area contributed by atoms with E-state index in [1.165, 1.54) is 6.39 Å². The topological polar surface area (TPSA) is 76.8 Å². The molecular weight excluding hydrogens is 406 g/mol. The van der Waals surface area contributed by atoms with Gasteiger partial charge in [-0.3, -0.25) is 4.79 Å². The van der Waals surface area contributed by atoms with Crippen molar-refractivity contribution in [3.8, 4) is 11.5 Å². The largest absolute Gasteiger partial charge is 0.497 e. The molecule has 32 heavy (non-hydrogen) atoms. The molecule has 168 valence electrons. The van der Waals surface area contributed by atoms with Crippen LogP contribution in [0.4, 0.5) is 0 Å². The van der Waals surface area contributed by atoms with E-state index in [1.54, 1.807) is 13.4 Å². The summed E-state index contributed by atoms with van der Waals surface area (Å²) < 4.78 is 16.7. The van der Waals surface area contributed by atoms with Crippen molar-refractivity contribution in [2.75, 3.05) is 33.4 Å². The van der Waals surface area contributed by atoms with Gasteiger partial charge < -0.3 is 24.1 Å². The van der Waals surface area contributed by atoms with E-state index in [9.17, 15) is 4.79 Å². The van der Waals surface area contributed by atoms with Gasteiger partial charge in [0.15, 0.2) is 6.39 Å². The second-order valence-corrected chi connectivity index (χ2v) is 7.81. The van der Waals surface area contributed by atoms with E-state index in [0.29, 0.717) is 18.8 Å². The van der Waals surface area contributed by atoms with Crippen molar-refractivity contribution >= 4 is 5.91 Å². The highest BCUT2D eigenvalue weighted by Gasteiger charge is 2.33. The molecule has 1 unspecified atom stereocenters. The summed E-state index contributed by atoms with van der Waals surface area (Å²) in [5.41, 5.74) is 1.60. The third kappa shape index (κ3) is 5.29. The van der Waals surface area contributed by atoms with Crippen LogP contribution in [0.25, 0.3) is 0 Å². The predicted molar refractivity (Wildman–Crippen MR) is 121 cm³/mol. The monoisotopic (exact) mass is 435 g/mol. The normalized spacial score (nSPS) is 15.2. The lowest BCUT2D eigenvalue weighted by molar-refractivity contribution is -0.138. The molecule has 2 heterocycles. The van der Waals surface area contributed by atoms with E-state index in [0.717, 1.165) is 43.0 Å². The summed E-state index contributed by atoms with van der Waals surface area (Å²) in [6, 6.07) is 17.0. The Morgan fingerprint density at radius 3 is 2.66 bits per heavy atom. The average molecular weight is 436 g/mol. The Bertz CT molecular complexity index is 972. The summed E-state index contributed by atoms with van der Waals surface area (Å²) in [5, 5.41) is 3.34. The van der Waals surface area contributed by atoms with Crippen LogP contribution in [0, 0.1) is 5.92 Å². The van der Waals surface area contributed by atoms with E-state index in [4.69, 9.17) is 13.9 Å². The van der Waals surface area contributed by atoms with E-state index >= 15 is 0 Å². The summed E-state index contributed by atoms with van der Waals surface area (Å²) in [6.07, 6.45) is 4.64. The predicted octanol–water partition coefficient (Wildman–Crippen LogP) is 3.68. The average Bonchev–Trinajstić information content (AvgIpc) is 3.39. The highest BCUT2D eigenvalue weighted by Crippen LogP contribution is 2.32. The Hall–Kier alpha value is -3.32. The third-order valence-electron chi connectivity index (χ3n) is 5.77. The highest BCUT2D eigenvalue weighted by molar-refractivity contribution is 5.80. The first-order chi connectivity index (χ1) is 15.8. The summed E-state index contributed by atoms with van der Waals surface area (Å²) in [5.74, 6) is 1.58. The zero-order chi connectivity index (χ0) is 22.2. The van der Waals surface area contributed by atoms with Gasteiger partial charge in [-0.25, -0.2) is 4.98 Å². The van der Waals surface area contributed by atoms with Crippen molar-refractivity contribution < 1.29 is 18.7 Å². The van der Waals surface area contributed by atoms with Crippen LogP contribution >= 0.6 is 0 Å². The molecule has 0 spiro atoms. The number of methoxy groups -OCH3 is 1. The molecule has 4 rings (SSSR count). The number of carbonyl (C=O) groups is 1. The molecule has 1 aliphatic heterocycles. The number of ether oxygens (including phenoxy) is 2. The number of carbonyl (C=O) groups excluding carboxylic acids is 1. The zero-order valence-corrected chi connectivity index (χ0v) is 18.3. The molecule has 1 saturated heterocycles. The molecule has 1 fully saturated rings. The summed E-state index contributed by atoms with van der Waals surface area (Å²) in [4.78, 5) is 20.0. The molecule has 1 amide bonds. The zero-order valence-electron chi connectivity index (χ0n) is 18.3. The SMILES string of the molecule is COc1cccc(C(c2cocn2)N(CCOc2ccccc2)C(=O)C2CCNCC2)c1. The number of nitrogens with one attached hydrogen (secondary N) is 1. The fourth-order valence-electron chi connectivity index (χ4n) is 4.13. The van der Waals surface area contributed by atoms with Gasteiger partial charge in [-0.2, -0.15) is 0 Å². The third-order valence-corrected chi connectivity index (χ3v) is 5.77. The maximum Gasteiger partial charge on any atom is 0.226 e. The molecule has 2 aromatic carbocycles. The molecule has 1 atom stereocenters. The van der Waals surface area contributed by atoms with Crippen molar-refractivity contribution in [1.82, 2.24) is 15.2 Å². The molecule has 1 aromatic heterocycles. The quantitative estimate of drug-likeness (QED) is 0.553. The van der Waals surface area contributed by atoms with Gasteiger partial charge in [0, 0.05) is 5.92 Å². The molecule has 3 aromatic rings. The number of piperidine rings is 1. The molecular formula is C25H29N3O4. The fraction of sp³-hybridized carbons (Fsp3) is 0.360. The number of amides is 1. The summed E-state index contributed by atoms with van der Waals surface area (Å²) in [6.45, 7) is 2.49. The van der Waals surface area contributed by atoms with Crippen LogP contribution in [-0.2, 0) is 4.79 Å². The summed E-state index contributed by atoms with van der Waals surface area (Å²) in [7, 11) is 1.63. The number of oxazole rings is 1. The molecule has 1 N–H and O–H groups in total. The lowest BCUT2D eigenvalue weighted by Gasteiger charge is -2.35. The highest BCUT2D eigenvalue weighted by atomic mass is 16.5. The molecule has 0 bridgehead atoms. The van der Waals surface area contributed by atoms with Gasteiger partial charge in [0.25, 0.3) is 0 Å². The van der Waals surface area contributed by atoms with E-state index in [-0.39, 0.29) is 11.8 Å². The van der Waals surface area contributed by atoms with E-state index in [2.05, 4.69) is 10.3 Å². The molecule has 1 aliphatic rings. The Morgan fingerprint density at radius 2 is 1.94 bits per heavy atom. The van der Waals surface area contributed by atoms with Gasteiger partial charge in [0.05, 0.1) is 13.7 Å². The molecule has 7 nitrogen and oxygen atoms in total. The number of nitrogens with zero attached hydrogens (tertiary/aromatic N) is 2. The van der Waals surface area contributed by atoms with E-state index < -0.39 is 6.04 Å². The van der Waals surface area contributed by atoms with Crippen LogP contribution in [0.15, 0.2) is 71.7 Å². The lowest BCUT2D eigenvalue weighted by Crippen LogP contribution is -2.44. The van der Waals surface area contributed by atoms with Crippen molar-refractivity contribution in [2.45, 2.75) is 18.9 Å². The number of aromatic nitrogens is 1. The van der Waals surface area contributed by atoms with Crippen LogP contribution in [-0.4, -0.2) is 49.1 Å². The van der Waals surface area contributed by atoms with Gasteiger partial charge in [-0.1, -0.05) is 30.3 Å². The van der Waals surface area contributed by atoms with Gasteiger partial charge in [0.2, 0.25) is 5.91 Å². The first kappa shape index (κ1) is 21.9. The minimum absolute atomic E-state index is 0.0343. The van der Waals surface area contributed by atoms with E-state index in [1.807, 2.05) is 59.5 Å². The van der Waals surface area contributed by atoms with Crippen LogP contribution in [0.2, 0.25) is 0 Å².